The summed E-state index contributed by atoms with van der Waals surface area (Å²) in [5, 5.41) is 9.16. The standard InChI is InChI=1S/C30H34N4O3/c1-33(2)21-23-11-9-22(10-12-23)20-31-29(35)17-18-30(36)34-28(25-13-15-26(37-3)16-14-25)19-27(32-34)24-7-5-4-6-8-24/h4-16,28H,17-21H2,1-3H3,(H,31,35). The monoisotopic (exact) mass is 498 g/mol. The lowest BCUT2D eigenvalue weighted by Crippen LogP contribution is -2.29. The normalized spacial score (nSPS) is 15.0. The van der Waals surface area contributed by atoms with E-state index in [0.29, 0.717) is 13.0 Å². The van der Waals surface area contributed by atoms with E-state index in [4.69, 9.17) is 9.84 Å². The molecule has 1 atom stereocenters. The number of carbonyl (C=O) groups excluding carboxylic acids is 2. The van der Waals surface area contributed by atoms with E-state index in [1.165, 1.54) is 5.56 Å². The number of benzene rings is 3. The Balaban J connectivity index is 1.37. The van der Waals surface area contributed by atoms with Gasteiger partial charge < -0.3 is 15.0 Å². The minimum Gasteiger partial charge on any atom is -0.497 e. The van der Waals surface area contributed by atoms with Crippen LogP contribution in [0.15, 0.2) is 84.0 Å². The number of rotatable bonds is 10. The Morgan fingerprint density at radius 2 is 1.62 bits per heavy atom. The van der Waals surface area contributed by atoms with Gasteiger partial charge in [-0.05, 0) is 48.5 Å². The maximum Gasteiger partial charge on any atom is 0.243 e. The molecule has 1 unspecified atom stereocenters. The highest BCUT2D eigenvalue weighted by Crippen LogP contribution is 2.34. The number of ether oxygens (including phenoxy) is 1. The van der Waals surface area contributed by atoms with Crippen molar-refractivity contribution in [2.75, 3.05) is 21.2 Å². The van der Waals surface area contributed by atoms with Crippen molar-refractivity contribution in [1.82, 2.24) is 15.2 Å². The number of carbonyl (C=O) groups is 2. The highest BCUT2D eigenvalue weighted by Gasteiger charge is 2.33. The molecule has 3 aromatic carbocycles. The first-order chi connectivity index (χ1) is 17.9. The molecule has 1 aliphatic rings. The molecule has 0 bridgehead atoms. The lowest BCUT2D eigenvalue weighted by Gasteiger charge is -2.22. The van der Waals surface area contributed by atoms with Gasteiger partial charge in [0.2, 0.25) is 11.8 Å². The van der Waals surface area contributed by atoms with Crippen LogP contribution in [0, 0.1) is 0 Å². The van der Waals surface area contributed by atoms with Gasteiger partial charge >= 0.3 is 0 Å². The molecular formula is C30H34N4O3. The zero-order chi connectivity index (χ0) is 26.2. The van der Waals surface area contributed by atoms with Crippen molar-refractivity contribution < 1.29 is 14.3 Å². The molecule has 0 spiro atoms. The Morgan fingerprint density at radius 3 is 2.27 bits per heavy atom. The molecule has 2 amide bonds. The quantitative estimate of drug-likeness (QED) is 0.446. The van der Waals surface area contributed by atoms with Crippen molar-refractivity contribution in [2.24, 2.45) is 5.10 Å². The smallest absolute Gasteiger partial charge is 0.243 e. The van der Waals surface area contributed by atoms with Gasteiger partial charge in [-0.25, -0.2) is 5.01 Å². The van der Waals surface area contributed by atoms with Crippen LogP contribution in [0.2, 0.25) is 0 Å². The number of nitrogens with zero attached hydrogens (tertiary/aromatic N) is 3. The third kappa shape index (κ3) is 7.05. The zero-order valence-electron chi connectivity index (χ0n) is 21.7. The largest absolute Gasteiger partial charge is 0.497 e. The first-order valence-corrected chi connectivity index (χ1v) is 12.5. The molecule has 1 heterocycles. The second-order valence-electron chi connectivity index (χ2n) is 9.48. The fourth-order valence-electron chi connectivity index (χ4n) is 4.38. The molecule has 0 aliphatic carbocycles. The minimum absolute atomic E-state index is 0.0891. The predicted molar refractivity (Wildman–Crippen MR) is 145 cm³/mol. The van der Waals surface area contributed by atoms with E-state index in [1.807, 2.05) is 80.8 Å². The second kappa shape index (κ2) is 12.3. The molecule has 192 valence electrons. The van der Waals surface area contributed by atoms with Gasteiger partial charge in [-0.2, -0.15) is 5.10 Å². The Kier molecular flexibility index (Phi) is 8.69. The number of hydrogen-bond donors (Lipinski definition) is 1. The predicted octanol–water partition coefficient (Wildman–Crippen LogP) is 4.53. The topological polar surface area (TPSA) is 74.2 Å². The van der Waals surface area contributed by atoms with Crippen LogP contribution in [0.25, 0.3) is 0 Å². The van der Waals surface area contributed by atoms with Crippen molar-refractivity contribution in [3.8, 4) is 5.75 Å². The third-order valence-corrected chi connectivity index (χ3v) is 6.35. The molecular weight excluding hydrogens is 464 g/mol. The molecule has 7 nitrogen and oxygen atoms in total. The van der Waals surface area contributed by atoms with Gasteiger partial charge in [0, 0.05) is 32.4 Å². The summed E-state index contributed by atoms with van der Waals surface area (Å²) in [4.78, 5) is 27.9. The van der Waals surface area contributed by atoms with Crippen LogP contribution in [-0.2, 0) is 22.7 Å². The number of hydrazone groups is 1. The molecule has 0 fully saturated rings. The third-order valence-electron chi connectivity index (χ3n) is 6.35. The van der Waals surface area contributed by atoms with Gasteiger partial charge in [0.25, 0.3) is 0 Å². The van der Waals surface area contributed by atoms with E-state index in [-0.39, 0.29) is 30.7 Å². The summed E-state index contributed by atoms with van der Waals surface area (Å²) in [7, 11) is 5.69. The Bertz CT molecular complexity index is 1220. The molecule has 3 aromatic rings. The lowest BCUT2D eigenvalue weighted by molar-refractivity contribution is -0.135. The summed E-state index contributed by atoms with van der Waals surface area (Å²) >= 11 is 0. The van der Waals surface area contributed by atoms with Crippen LogP contribution in [0.3, 0.4) is 0 Å². The van der Waals surface area contributed by atoms with Crippen LogP contribution < -0.4 is 10.1 Å². The molecule has 0 saturated heterocycles. The number of amides is 2. The van der Waals surface area contributed by atoms with Crippen LogP contribution in [0.1, 0.15) is 47.6 Å². The lowest BCUT2D eigenvalue weighted by atomic mass is 9.98. The first kappa shape index (κ1) is 26.1. The number of nitrogens with one attached hydrogen (secondary N) is 1. The highest BCUT2D eigenvalue weighted by atomic mass is 16.5. The average Bonchev–Trinajstić information content (AvgIpc) is 3.37. The Morgan fingerprint density at radius 1 is 0.946 bits per heavy atom. The molecule has 1 aliphatic heterocycles. The van der Waals surface area contributed by atoms with Gasteiger partial charge in [0.05, 0.1) is 18.9 Å². The fourth-order valence-corrected chi connectivity index (χ4v) is 4.38. The van der Waals surface area contributed by atoms with E-state index in [0.717, 1.165) is 34.7 Å². The zero-order valence-corrected chi connectivity index (χ0v) is 21.7. The Labute approximate surface area is 218 Å². The number of hydrogen-bond acceptors (Lipinski definition) is 5. The van der Waals surface area contributed by atoms with Crippen molar-refractivity contribution >= 4 is 17.5 Å². The van der Waals surface area contributed by atoms with Gasteiger partial charge in [0.15, 0.2) is 0 Å². The molecule has 4 rings (SSSR count). The SMILES string of the molecule is COc1ccc(C2CC(c3ccccc3)=NN2C(=O)CCC(=O)NCc2ccc(CN(C)C)cc2)cc1. The van der Waals surface area contributed by atoms with Crippen molar-refractivity contribution in [2.45, 2.75) is 38.4 Å². The van der Waals surface area contributed by atoms with E-state index < -0.39 is 0 Å². The summed E-state index contributed by atoms with van der Waals surface area (Å²) in [6, 6.07) is 25.5. The van der Waals surface area contributed by atoms with Crippen molar-refractivity contribution in [3.63, 3.8) is 0 Å². The van der Waals surface area contributed by atoms with Crippen molar-refractivity contribution in [3.05, 3.63) is 101 Å². The van der Waals surface area contributed by atoms with Crippen LogP contribution in [-0.4, -0.2) is 48.6 Å². The molecule has 37 heavy (non-hydrogen) atoms. The summed E-state index contributed by atoms with van der Waals surface area (Å²) in [6.07, 6.45) is 0.809. The van der Waals surface area contributed by atoms with E-state index in [9.17, 15) is 9.59 Å². The average molecular weight is 499 g/mol. The van der Waals surface area contributed by atoms with E-state index in [2.05, 4.69) is 22.3 Å². The summed E-state index contributed by atoms with van der Waals surface area (Å²) < 4.78 is 5.28. The van der Waals surface area contributed by atoms with Gasteiger partial charge in [-0.1, -0.05) is 66.7 Å². The highest BCUT2D eigenvalue weighted by molar-refractivity contribution is 6.03. The van der Waals surface area contributed by atoms with Crippen molar-refractivity contribution in [1.29, 1.82) is 0 Å². The molecule has 0 saturated carbocycles. The number of methoxy groups -OCH3 is 1. The van der Waals surface area contributed by atoms with Crippen LogP contribution in [0.4, 0.5) is 0 Å². The maximum absolute atomic E-state index is 13.2. The van der Waals surface area contributed by atoms with E-state index >= 15 is 0 Å². The van der Waals surface area contributed by atoms with Gasteiger partial charge in [0.1, 0.15) is 5.75 Å². The molecule has 7 heteroatoms. The van der Waals surface area contributed by atoms with Gasteiger partial charge in [-0.15, -0.1) is 0 Å². The minimum atomic E-state index is -0.225. The molecule has 0 aromatic heterocycles. The fraction of sp³-hybridized carbons (Fsp3) is 0.300. The van der Waals surface area contributed by atoms with Gasteiger partial charge in [-0.3, -0.25) is 9.59 Å². The first-order valence-electron chi connectivity index (χ1n) is 12.5. The summed E-state index contributed by atoms with van der Waals surface area (Å²) in [5.74, 6) is 0.431. The summed E-state index contributed by atoms with van der Waals surface area (Å²) in [5.41, 5.74) is 5.07. The second-order valence-corrected chi connectivity index (χ2v) is 9.48. The summed E-state index contributed by atoms with van der Waals surface area (Å²) in [6.45, 7) is 1.31. The van der Waals surface area contributed by atoms with Crippen LogP contribution >= 0.6 is 0 Å². The van der Waals surface area contributed by atoms with E-state index in [1.54, 1.807) is 12.1 Å². The molecule has 1 N–H and O–H groups in total. The molecule has 0 radical (unpaired) electrons. The van der Waals surface area contributed by atoms with Crippen LogP contribution in [0.5, 0.6) is 5.75 Å². The Hall–Kier alpha value is -3.97. The maximum atomic E-state index is 13.2.